The number of halogens is 1. The zero-order chi connectivity index (χ0) is 24.9. The number of benzene rings is 2. The number of nitrogens with two attached hydrogens (primary N) is 1. The van der Waals surface area contributed by atoms with Gasteiger partial charge in [0.1, 0.15) is 17.2 Å². The first-order valence-corrected chi connectivity index (χ1v) is 11.4. The van der Waals surface area contributed by atoms with Gasteiger partial charge in [-0.25, -0.2) is 9.37 Å². The van der Waals surface area contributed by atoms with Crippen LogP contribution < -0.4 is 11.3 Å². The van der Waals surface area contributed by atoms with Crippen LogP contribution in [0.5, 0.6) is 0 Å². The number of nitrogens with zero attached hydrogens (tertiary/aromatic N) is 3. The van der Waals surface area contributed by atoms with Crippen LogP contribution in [-0.4, -0.2) is 76.6 Å². The van der Waals surface area contributed by atoms with E-state index in [-0.39, 0.29) is 40.5 Å². The summed E-state index contributed by atoms with van der Waals surface area (Å²) in [5, 5.41) is 0.131. The van der Waals surface area contributed by atoms with Crippen molar-refractivity contribution >= 4 is 33.5 Å². The van der Waals surface area contributed by atoms with Crippen LogP contribution in [0.15, 0.2) is 41.2 Å². The van der Waals surface area contributed by atoms with Crippen molar-refractivity contribution in [3.05, 3.63) is 58.1 Å². The number of rotatable bonds is 4. The Morgan fingerprint density at radius 3 is 2.83 bits per heavy atom. The van der Waals surface area contributed by atoms with Gasteiger partial charge in [0.05, 0.1) is 46.4 Å². The van der Waals surface area contributed by atoms with E-state index in [4.69, 9.17) is 10.5 Å². The molecule has 0 unspecified atom stereocenters. The number of anilines is 1. The maximum Gasteiger partial charge on any atom is 0.261 e. The number of carbonyl (C=O) groups is 1. The number of imidazole rings is 1. The topological polar surface area (TPSA) is 120 Å². The molecule has 182 valence electrons. The Morgan fingerprint density at radius 2 is 2.06 bits per heavy atom. The third kappa shape index (κ3) is 4.15. The second kappa shape index (κ2) is 8.79. The number of aromatic amines is 2. The average molecular weight is 479 g/mol. The molecule has 5 rings (SSSR count). The Labute approximate surface area is 200 Å². The zero-order valence-electron chi connectivity index (χ0n) is 19.8. The molecule has 0 spiro atoms. The highest BCUT2D eigenvalue weighted by Gasteiger charge is 2.30. The molecule has 1 fully saturated rings. The van der Waals surface area contributed by atoms with E-state index in [0.717, 1.165) is 6.54 Å². The molecule has 0 radical (unpaired) electrons. The van der Waals surface area contributed by atoms with Crippen LogP contribution in [-0.2, 0) is 4.74 Å². The number of fused-ring (bicyclic) bond motifs is 2. The average Bonchev–Trinajstić information content (AvgIpc) is 3.22. The summed E-state index contributed by atoms with van der Waals surface area (Å²) in [7, 11) is 3.94. The third-order valence-electron chi connectivity index (χ3n) is 6.33. The Balaban J connectivity index is 1.50. The molecule has 2 aromatic carbocycles. The van der Waals surface area contributed by atoms with Gasteiger partial charge in [-0.3, -0.25) is 9.59 Å². The lowest BCUT2D eigenvalue weighted by Gasteiger charge is -2.39. The number of pyridine rings is 1. The number of amides is 1. The summed E-state index contributed by atoms with van der Waals surface area (Å²) in [6, 6.07) is 9.47. The van der Waals surface area contributed by atoms with Gasteiger partial charge in [-0.05, 0) is 51.4 Å². The van der Waals surface area contributed by atoms with E-state index in [9.17, 15) is 14.0 Å². The summed E-state index contributed by atoms with van der Waals surface area (Å²) >= 11 is 0. The molecule has 35 heavy (non-hydrogen) atoms. The first kappa shape index (κ1) is 23.0. The summed E-state index contributed by atoms with van der Waals surface area (Å²) in [6.45, 7) is 3.66. The van der Waals surface area contributed by atoms with Gasteiger partial charge in [-0.2, -0.15) is 0 Å². The summed E-state index contributed by atoms with van der Waals surface area (Å²) < 4.78 is 20.3. The van der Waals surface area contributed by atoms with Crippen LogP contribution in [0, 0.1) is 5.82 Å². The molecule has 4 N–H and O–H groups in total. The third-order valence-corrected chi connectivity index (χ3v) is 6.33. The number of ether oxygens (including phenoxy) is 1. The summed E-state index contributed by atoms with van der Waals surface area (Å²) in [5.41, 5.74) is 7.74. The monoisotopic (exact) mass is 478 g/mol. The minimum absolute atomic E-state index is 0.00582. The first-order chi connectivity index (χ1) is 16.7. The highest BCUT2D eigenvalue weighted by molar-refractivity contribution is 6.00. The molecule has 4 aromatic rings. The molecule has 1 aliphatic heterocycles. The molecule has 0 aliphatic carbocycles. The van der Waals surface area contributed by atoms with Gasteiger partial charge in [0.15, 0.2) is 0 Å². The molecule has 2 aromatic heterocycles. The number of hydrogen-bond acceptors (Lipinski definition) is 6. The van der Waals surface area contributed by atoms with Crippen molar-refractivity contribution in [1.82, 2.24) is 24.8 Å². The number of likely N-dealkylation sites (N-methyl/N-ethyl adjacent to an activating group) is 1. The summed E-state index contributed by atoms with van der Waals surface area (Å²) in [5.74, 6) is -0.430. The maximum absolute atomic E-state index is 14.4. The molecule has 0 saturated carbocycles. The SMILES string of the molecule is C[C@@H]1CO[C@H](CN(C)C)CN1C(=O)c1ccc2nc(-c3c(N)c4c(F)cccc4[nH]c3=O)[nH]c2c1. The molecule has 1 aliphatic rings. The highest BCUT2D eigenvalue weighted by Crippen LogP contribution is 2.30. The van der Waals surface area contributed by atoms with Gasteiger partial charge in [0.25, 0.3) is 11.5 Å². The molecule has 3 heterocycles. The normalized spacial score (nSPS) is 18.6. The predicted octanol–water partition coefficient (Wildman–Crippen LogP) is 2.58. The van der Waals surface area contributed by atoms with Gasteiger partial charge in [0, 0.05) is 18.7 Å². The van der Waals surface area contributed by atoms with E-state index in [1.165, 1.54) is 12.1 Å². The van der Waals surface area contributed by atoms with Crippen molar-refractivity contribution in [1.29, 1.82) is 0 Å². The second-order valence-electron chi connectivity index (χ2n) is 9.25. The van der Waals surface area contributed by atoms with E-state index >= 15 is 0 Å². The molecule has 1 amide bonds. The van der Waals surface area contributed by atoms with Crippen molar-refractivity contribution in [3.63, 3.8) is 0 Å². The van der Waals surface area contributed by atoms with Crippen LogP contribution in [0.25, 0.3) is 33.3 Å². The Morgan fingerprint density at radius 1 is 1.26 bits per heavy atom. The molecule has 2 atom stereocenters. The van der Waals surface area contributed by atoms with Gasteiger partial charge < -0.3 is 30.2 Å². The highest BCUT2D eigenvalue weighted by atomic mass is 19.1. The molecule has 0 bridgehead atoms. The van der Waals surface area contributed by atoms with Gasteiger partial charge in [-0.15, -0.1) is 0 Å². The zero-order valence-corrected chi connectivity index (χ0v) is 19.8. The van der Waals surface area contributed by atoms with Crippen LogP contribution in [0.2, 0.25) is 0 Å². The van der Waals surface area contributed by atoms with Crippen LogP contribution >= 0.6 is 0 Å². The van der Waals surface area contributed by atoms with Crippen molar-refractivity contribution in [2.75, 3.05) is 39.5 Å². The van der Waals surface area contributed by atoms with Gasteiger partial charge in [-0.1, -0.05) is 6.07 Å². The van der Waals surface area contributed by atoms with Crippen LogP contribution in [0.3, 0.4) is 0 Å². The lowest BCUT2D eigenvalue weighted by molar-refractivity contribution is -0.0546. The van der Waals surface area contributed by atoms with Gasteiger partial charge >= 0.3 is 0 Å². The number of hydrogen-bond donors (Lipinski definition) is 3. The summed E-state index contributed by atoms with van der Waals surface area (Å²) in [4.78, 5) is 40.2. The second-order valence-corrected chi connectivity index (χ2v) is 9.25. The maximum atomic E-state index is 14.4. The number of morpholine rings is 1. The molecular formula is C25H27FN6O3. The van der Waals surface area contributed by atoms with Crippen LogP contribution in [0.1, 0.15) is 17.3 Å². The summed E-state index contributed by atoms with van der Waals surface area (Å²) in [6.07, 6.45) is -0.0596. The van der Waals surface area contributed by atoms with E-state index in [0.29, 0.717) is 35.3 Å². The number of nitrogen functional groups attached to an aromatic ring is 1. The minimum Gasteiger partial charge on any atom is -0.397 e. The molecular weight excluding hydrogens is 451 g/mol. The number of nitrogens with one attached hydrogen (secondary N) is 2. The van der Waals surface area contributed by atoms with E-state index in [2.05, 4.69) is 15.0 Å². The predicted molar refractivity (Wildman–Crippen MR) is 133 cm³/mol. The molecule has 1 saturated heterocycles. The van der Waals surface area contributed by atoms with Crippen molar-refractivity contribution in [2.45, 2.75) is 19.1 Å². The van der Waals surface area contributed by atoms with E-state index < -0.39 is 11.4 Å². The fourth-order valence-corrected chi connectivity index (χ4v) is 4.61. The number of carbonyl (C=O) groups excluding carboxylic acids is 1. The quantitative estimate of drug-likeness (QED) is 0.415. The Hall–Kier alpha value is -3.76. The minimum atomic E-state index is -0.534. The standard InChI is InChI=1S/C25H27FN6O3/c1-13-12-35-15(10-31(2)3)11-32(13)25(34)14-7-8-17-19(9-14)29-23(28-17)21-22(27)20-16(26)5-4-6-18(20)30-24(21)33/h4-9,13,15H,10-12H2,1-3H3,(H,28,29)(H3,27,30,33)/t13-,15-/m1/s1. The fourth-order valence-electron chi connectivity index (χ4n) is 4.61. The largest absolute Gasteiger partial charge is 0.397 e. The lowest BCUT2D eigenvalue weighted by Crippen LogP contribution is -2.53. The van der Waals surface area contributed by atoms with Gasteiger partial charge in [0.2, 0.25) is 0 Å². The number of H-pyrrole nitrogens is 2. The van der Waals surface area contributed by atoms with Crippen LogP contribution in [0.4, 0.5) is 10.1 Å². The first-order valence-electron chi connectivity index (χ1n) is 11.4. The van der Waals surface area contributed by atoms with Crippen molar-refractivity contribution in [3.8, 4) is 11.4 Å². The lowest BCUT2D eigenvalue weighted by atomic mass is 10.1. The fraction of sp³-hybridized carbons (Fsp3) is 0.320. The van der Waals surface area contributed by atoms with Crippen molar-refractivity contribution in [2.24, 2.45) is 0 Å². The molecule has 9 nitrogen and oxygen atoms in total. The molecule has 10 heteroatoms. The number of aromatic nitrogens is 3. The Bertz CT molecular complexity index is 1490. The van der Waals surface area contributed by atoms with E-state index in [1.807, 2.05) is 30.8 Å². The van der Waals surface area contributed by atoms with Crippen molar-refractivity contribution < 1.29 is 13.9 Å². The Kier molecular flexibility index (Phi) is 5.78. The smallest absolute Gasteiger partial charge is 0.261 e. The van der Waals surface area contributed by atoms with E-state index in [1.54, 1.807) is 24.3 Å².